The van der Waals surface area contributed by atoms with E-state index in [2.05, 4.69) is 25.2 Å². The average molecular weight is 403 g/mol. The number of carbonyl (C=O) groups excluding carboxylic acids is 3. The third-order valence-electron chi connectivity index (χ3n) is 3.38. The normalized spacial score (nSPS) is 10.1. The van der Waals surface area contributed by atoms with Gasteiger partial charge in [0.1, 0.15) is 0 Å². The third-order valence-corrected chi connectivity index (χ3v) is 4.73. The van der Waals surface area contributed by atoms with E-state index >= 15 is 0 Å². The summed E-state index contributed by atoms with van der Waals surface area (Å²) in [5, 5.41) is 9.24. The fourth-order valence-corrected chi connectivity index (χ4v) is 3.13. The topological polar surface area (TPSA) is 87.3 Å². The van der Waals surface area contributed by atoms with E-state index in [1.54, 1.807) is 6.07 Å². The Hall–Kier alpha value is -2.37. The number of anilines is 2. The molecule has 1 unspecified atom stereocenters. The molecule has 3 N–H and O–H groups in total. The molecule has 0 heterocycles. The minimum Gasteiger partial charge on any atom is -0.378 e. The van der Waals surface area contributed by atoms with Gasteiger partial charge in [0.05, 0.1) is 24.6 Å². The molecule has 0 aliphatic rings. The number of amides is 2. The van der Waals surface area contributed by atoms with Crippen LogP contribution in [-0.4, -0.2) is 42.2 Å². The Bertz CT molecular complexity index is 787. The van der Waals surface area contributed by atoms with Gasteiger partial charge in [-0.25, -0.2) is 0 Å². The maximum atomic E-state index is 11.8. The molecule has 0 aliphatic carbocycles. The van der Waals surface area contributed by atoms with Crippen LogP contribution in [0.2, 0.25) is 0 Å². The number of hydrogen-bond donors (Lipinski definition) is 3. The Morgan fingerprint density at radius 3 is 2.33 bits per heavy atom. The van der Waals surface area contributed by atoms with Crippen molar-refractivity contribution in [2.75, 3.05) is 35.2 Å². The molecule has 2 amide bonds. The van der Waals surface area contributed by atoms with Crippen LogP contribution in [0.15, 0.2) is 54.6 Å². The molecule has 8 heteroatoms. The molecule has 0 saturated heterocycles. The van der Waals surface area contributed by atoms with E-state index in [4.69, 9.17) is 0 Å². The predicted molar refractivity (Wildman–Crippen MR) is 115 cm³/mol. The Labute approximate surface area is 165 Å². The van der Waals surface area contributed by atoms with Crippen LogP contribution in [-0.2, 0) is 14.4 Å². The van der Waals surface area contributed by atoms with Crippen molar-refractivity contribution in [3.63, 3.8) is 0 Å². The highest BCUT2D eigenvalue weighted by molar-refractivity contribution is 8.00. The summed E-state index contributed by atoms with van der Waals surface area (Å²) in [5.74, 6) is -0.205. The van der Waals surface area contributed by atoms with Gasteiger partial charge in [-0.1, -0.05) is 30.3 Å². The Morgan fingerprint density at radius 2 is 1.59 bits per heavy atom. The Balaban J connectivity index is 1.57. The van der Waals surface area contributed by atoms with Gasteiger partial charge in [0.15, 0.2) is 5.78 Å². The Morgan fingerprint density at radius 1 is 0.852 bits per heavy atom. The van der Waals surface area contributed by atoms with E-state index < -0.39 is 0 Å². The van der Waals surface area contributed by atoms with Crippen LogP contribution < -0.4 is 21.3 Å². The first kappa shape index (κ1) is 20.9. The maximum absolute atomic E-state index is 11.8. The summed E-state index contributed by atoms with van der Waals surface area (Å²) in [6, 6.07) is 16.8. The SMILES string of the molecule is O=C(CNc1ccccc1)CSCC(=O)NCC(=O)Nc1cccc(P)c1. The lowest BCUT2D eigenvalue weighted by atomic mass is 10.3. The second kappa shape index (κ2) is 11.4. The number of thioether (sulfide) groups is 1. The van der Waals surface area contributed by atoms with Crippen LogP contribution in [0.3, 0.4) is 0 Å². The molecule has 27 heavy (non-hydrogen) atoms. The number of Topliss-reactive ketones (excluding diaryl/α,β-unsaturated/α-hetero) is 1. The van der Waals surface area contributed by atoms with Gasteiger partial charge in [0, 0.05) is 11.4 Å². The minimum absolute atomic E-state index is 0.00622. The van der Waals surface area contributed by atoms with Crippen LogP contribution >= 0.6 is 21.0 Å². The van der Waals surface area contributed by atoms with Crippen LogP contribution in [0.4, 0.5) is 11.4 Å². The number of carbonyl (C=O) groups is 3. The molecular formula is C19H22N3O3PS. The summed E-state index contributed by atoms with van der Waals surface area (Å²) < 4.78 is 0. The largest absolute Gasteiger partial charge is 0.378 e. The predicted octanol–water partition coefficient (Wildman–Crippen LogP) is 1.66. The molecule has 0 aromatic heterocycles. The van der Waals surface area contributed by atoms with Crippen molar-refractivity contribution in [3.05, 3.63) is 54.6 Å². The number of para-hydroxylation sites is 1. The molecule has 0 aliphatic heterocycles. The lowest BCUT2D eigenvalue weighted by Crippen LogP contribution is -2.34. The second-order valence-electron chi connectivity index (χ2n) is 5.70. The summed E-state index contributed by atoms with van der Waals surface area (Å²) in [6.07, 6.45) is 0. The van der Waals surface area contributed by atoms with Crippen molar-refractivity contribution in [1.29, 1.82) is 0 Å². The van der Waals surface area contributed by atoms with E-state index in [0.29, 0.717) is 5.69 Å². The fourth-order valence-electron chi connectivity index (χ4n) is 2.12. The van der Waals surface area contributed by atoms with Gasteiger partial charge in [-0.3, -0.25) is 14.4 Å². The lowest BCUT2D eigenvalue weighted by molar-refractivity contribution is -0.122. The molecule has 2 aromatic carbocycles. The van der Waals surface area contributed by atoms with Crippen LogP contribution in [0.1, 0.15) is 0 Å². The molecular weight excluding hydrogens is 381 g/mol. The zero-order chi connectivity index (χ0) is 19.5. The first-order valence-corrected chi connectivity index (χ1v) is 10.1. The third kappa shape index (κ3) is 8.71. The van der Waals surface area contributed by atoms with Crippen LogP contribution in [0, 0.1) is 0 Å². The molecule has 2 aromatic rings. The van der Waals surface area contributed by atoms with Crippen molar-refractivity contribution in [3.8, 4) is 0 Å². The van der Waals surface area contributed by atoms with Crippen LogP contribution in [0.5, 0.6) is 0 Å². The van der Waals surface area contributed by atoms with Gasteiger partial charge in [-0.15, -0.1) is 21.0 Å². The van der Waals surface area contributed by atoms with E-state index in [1.165, 1.54) is 11.8 Å². The highest BCUT2D eigenvalue weighted by atomic mass is 32.2. The zero-order valence-corrected chi connectivity index (χ0v) is 16.7. The van der Waals surface area contributed by atoms with Gasteiger partial charge in [-0.2, -0.15) is 0 Å². The van der Waals surface area contributed by atoms with Crippen LogP contribution in [0.25, 0.3) is 0 Å². The molecule has 6 nitrogen and oxygen atoms in total. The van der Waals surface area contributed by atoms with Crippen molar-refractivity contribution in [2.24, 2.45) is 0 Å². The molecule has 1 atom stereocenters. The van der Waals surface area contributed by atoms with Gasteiger partial charge >= 0.3 is 0 Å². The van der Waals surface area contributed by atoms with Crippen molar-refractivity contribution in [1.82, 2.24) is 5.32 Å². The van der Waals surface area contributed by atoms with Gasteiger partial charge in [0.25, 0.3) is 0 Å². The van der Waals surface area contributed by atoms with Crippen molar-refractivity contribution in [2.45, 2.75) is 0 Å². The minimum atomic E-state index is -0.299. The second-order valence-corrected chi connectivity index (χ2v) is 7.35. The van der Waals surface area contributed by atoms with E-state index in [0.717, 1.165) is 11.0 Å². The number of benzene rings is 2. The summed E-state index contributed by atoms with van der Waals surface area (Å²) in [5.41, 5.74) is 1.56. The van der Waals surface area contributed by atoms with Crippen molar-refractivity contribution >= 4 is 55.3 Å². The van der Waals surface area contributed by atoms with E-state index in [9.17, 15) is 14.4 Å². The van der Waals surface area contributed by atoms with E-state index in [1.807, 2.05) is 48.5 Å². The smallest absolute Gasteiger partial charge is 0.243 e. The number of ketones is 1. The number of hydrogen-bond acceptors (Lipinski definition) is 5. The zero-order valence-electron chi connectivity index (χ0n) is 14.7. The van der Waals surface area contributed by atoms with Gasteiger partial charge < -0.3 is 16.0 Å². The summed E-state index contributed by atoms with van der Waals surface area (Å²) in [4.78, 5) is 35.4. The molecule has 0 bridgehead atoms. The highest BCUT2D eigenvalue weighted by Gasteiger charge is 2.08. The molecule has 0 radical (unpaired) electrons. The van der Waals surface area contributed by atoms with Gasteiger partial charge in [-0.05, 0) is 29.6 Å². The van der Waals surface area contributed by atoms with Crippen molar-refractivity contribution < 1.29 is 14.4 Å². The van der Waals surface area contributed by atoms with E-state index in [-0.39, 0.29) is 42.2 Å². The molecule has 142 valence electrons. The molecule has 2 rings (SSSR count). The first-order chi connectivity index (χ1) is 13.0. The van der Waals surface area contributed by atoms with Gasteiger partial charge in [0.2, 0.25) is 11.8 Å². The average Bonchev–Trinajstić information content (AvgIpc) is 2.65. The maximum Gasteiger partial charge on any atom is 0.243 e. The number of nitrogens with one attached hydrogen (secondary N) is 3. The fraction of sp³-hybridized carbons (Fsp3) is 0.211. The number of rotatable bonds is 10. The standard InChI is InChI=1S/C19H22N3O3PS/c23-16(10-20-14-5-2-1-3-6-14)12-27-13-19(25)21-11-18(24)22-15-7-4-8-17(26)9-15/h1-9,20H,10-13,26H2,(H,21,25)(H,22,24). The quantitative estimate of drug-likeness (QED) is 0.525. The first-order valence-electron chi connectivity index (χ1n) is 8.33. The highest BCUT2D eigenvalue weighted by Crippen LogP contribution is 2.06. The summed E-state index contributed by atoms with van der Waals surface area (Å²) in [7, 11) is 2.55. The molecule has 0 fully saturated rings. The Kier molecular flexibility index (Phi) is 8.81. The molecule has 0 saturated carbocycles. The molecule has 0 spiro atoms. The monoisotopic (exact) mass is 403 g/mol. The lowest BCUT2D eigenvalue weighted by Gasteiger charge is -2.08. The summed E-state index contributed by atoms with van der Waals surface area (Å²) >= 11 is 1.23. The summed E-state index contributed by atoms with van der Waals surface area (Å²) in [6.45, 7) is 0.111.